The number of benzene rings is 1. The number of hydrogen-bond donors (Lipinski definition) is 2. The number of amides is 1. The number of carbonyl (C=O) groups is 1. The highest BCUT2D eigenvalue weighted by Crippen LogP contribution is 2.24. The molecule has 4 nitrogen and oxygen atoms in total. The predicted molar refractivity (Wildman–Crippen MR) is 67.9 cm³/mol. The summed E-state index contributed by atoms with van der Waals surface area (Å²) in [5.74, 6) is -0.0598. The number of hydrogen-bond acceptors (Lipinski definition) is 2. The Morgan fingerprint density at radius 3 is 2.94 bits per heavy atom. The lowest BCUT2D eigenvalue weighted by Crippen LogP contribution is -2.11. The van der Waals surface area contributed by atoms with Gasteiger partial charge in [0.1, 0.15) is 0 Å². The molecule has 90 valence electrons. The van der Waals surface area contributed by atoms with Crippen LogP contribution in [0.2, 0.25) is 0 Å². The highest BCUT2D eigenvalue weighted by atomic mass is 16.3. The van der Waals surface area contributed by atoms with Gasteiger partial charge in [0, 0.05) is 37.2 Å². The van der Waals surface area contributed by atoms with Crippen LogP contribution in [0.15, 0.2) is 30.5 Å². The summed E-state index contributed by atoms with van der Waals surface area (Å²) >= 11 is 0. The van der Waals surface area contributed by atoms with Crippen LogP contribution in [-0.4, -0.2) is 22.2 Å². The molecule has 1 amide bonds. The molecular weight excluding hydrogens is 216 g/mol. The summed E-state index contributed by atoms with van der Waals surface area (Å²) < 4.78 is 1.98. The Kier molecular flexibility index (Phi) is 3.44. The maximum atomic E-state index is 11.6. The molecule has 1 aromatic heterocycles. The van der Waals surface area contributed by atoms with Crippen molar-refractivity contribution in [3.8, 4) is 0 Å². The van der Waals surface area contributed by atoms with E-state index >= 15 is 0 Å². The van der Waals surface area contributed by atoms with Crippen LogP contribution in [0, 0.1) is 0 Å². The molecule has 4 heteroatoms. The van der Waals surface area contributed by atoms with Crippen LogP contribution < -0.4 is 5.32 Å². The third-order valence-corrected chi connectivity index (χ3v) is 2.73. The average molecular weight is 232 g/mol. The van der Waals surface area contributed by atoms with Crippen molar-refractivity contribution in [3.05, 3.63) is 30.5 Å². The van der Waals surface area contributed by atoms with E-state index in [0.717, 1.165) is 16.6 Å². The normalized spacial score (nSPS) is 10.7. The number of carbonyl (C=O) groups excluding carboxylic acids is 1. The van der Waals surface area contributed by atoms with E-state index in [2.05, 4.69) is 5.32 Å². The van der Waals surface area contributed by atoms with E-state index in [4.69, 9.17) is 5.11 Å². The first-order valence-corrected chi connectivity index (χ1v) is 5.67. The van der Waals surface area contributed by atoms with Crippen molar-refractivity contribution in [3.63, 3.8) is 0 Å². The summed E-state index contributed by atoms with van der Waals surface area (Å²) in [7, 11) is 1.95. The fourth-order valence-electron chi connectivity index (χ4n) is 1.89. The zero-order chi connectivity index (χ0) is 12.3. The van der Waals surface area contributed by atoms with E-state index in [1.54, 1.807) is 0 Å². The summed E-state index contributed by atoms with van der Waals surface area (Å²) in [5.41, 5.74) is 1.91. The Morgan fingerprint density at radius 2 is 2.18 bits per heavy atom. The van der Waals surface area contributed by atoms with E-state index in [1.807, 2.05) is 42.1 Å². The van der Waals surface area contributed by atoms with Crippen LogP contribution in [0.25, 0.3) is 10.9 Å². The van der Waals surface area contributed by atoms with Crippen molar-refractivity contribution in [1.29, 1.82) is 0 Å². The molecule has 0 unspecified atom stereocenters. The lowest BCUT2D eigenvalue weighted by atomic mass is 10.2. The van der Waals surface area contributed by atoms with Crippen molar-refractivity contribution in [2.75, 3.05) is 11.9 Å². The van der Waals surface area contributed by atoms with Crippen molar-refractivity contribution in [1.82, 2.24) is 4.57 Å². The molecule has 0 saturated carbocycles. The molecule has 2 aromatic rings. The summed E-state index contributed by atoms with van der Waals surface area (Å²) in [6, 6.07) is 7.92. The lowest BCUT2D eigenvalue weighted by Gasteiger charge is -2.02. The number of anilines is 1. The SMILES string of the molecule is Cn1cc(NC(=O)CCCO)c2ccccc21. The summed E-state index contributed by atoms with van der Waals surface area (Å²) in [6.45, 7) is 0.0446. The van der Waals surface area contributed by atoms with E-state index in [1.165, 1.54) is 0 Å². The third kappa shape index (κ3) is 2.47. The smallest absolute Gasteiger partial charge is 0.224 e. The Balaban J connectivity index is 2.21. The number of aliphatic hydroxyl groups is 1. The molecular formula is C13H16N2O2. The summed E-state index contributed by atoms with van der Waals surface area (Å²) in [4.78, 5) is 11.6. The van der Waals surface area contributed by atoms with Crippen LogP contribution in [-0.2, 0) is 11.8 Å². The van der Waals surface area contributed by atoms with Crippen molar-refractivity contribution >= 4 is 22.5 Å². The molecule has 2 N–H and O–H groups in total. The zero-order valence-corrected chi connectivity index (χ0v) is 9.81. The van der Waals surface area contributed by atoms with Gasteiger partial charge in [-0.25, -0.2) is 0 Å². The van der Waals surface area contributed by atoms with E-state index < -0.39 is 0 Å². The number of nitrogens with one attached hydrogen (secondary N) is 1. The monoisotopic (exact) mass is 232 g/mol. The average Bonchev–Trinajstić information content (AvgIpc) is 2.65. The second-order valence-corrected chi connectivity index (χ2v) is 4.05. The molecule has 0 fully saturated rings. The molecule has 17 heavy (non-hydrogen) atoms. The van der Waals surface area contributed by atoms with Crippen LogP contribution in [0.5, 0.6) is 0 Å². The van der Waals surface area contributed by atoms with Gasteiger partial charge in [-0.15, -0.1) is 0 Å². The van der Waals surface area contributed by atoms with Gasteiger partial charge in [-0.1, -0.05) is 18.2 Å². The van der Waals surface area contributed by atoms with Crippen LogP contribution in [0.1, 0.15) is 12.8 Å². The van der Waals surface area contributed by atoms with Gasteiger partial charge in [0.25, 0.3) is 0 Å². The first-order valence-electron chi connectivity index (χ1n) is 5.67. The number of rotatable bonds is 4. The summed E-state index contributed by atoms with van der Waals surface area (Å²) in [6.07, 6.45) is 2.75. The predicted octanol–water partition coefficient (Wildman–Crippen LogP) is 1.89. The molecule has 0 aliphatic carbocycles. The van der Waals surface area contributed by atoms with E-state index in [9.17, 15) is 4.79 Å². The Labute approximate surface area is 99.9 Å². The van der Waals surface area contributed by atoms with Crippen molar-refractivity contribution in [2.24, 2.45) is 7.05 Å². The molecule has 0 saturated heterocycles. The van der Waals surface area contributed by atoms with Gasteiger partial charge in [0.2, 0.25) is 5.91 Å². The third-order valence-electron chi connectivity index (χ3n) is 2.73. The molecule has 0 spiro atoms. The van der Waals surface area contributed by atoms with Crippen LogP contribution in [0.4, 0.5) is 5.69 Å². The van der Waals surface area contributed by atoms with Gasteiger partial charge in [0.15, 0.2) is 0 Å². The minimum atomic E-state index is -0.0598. The largest absolute Gasteiger partial charge is 0.396 e. The van der Waals surface area contributed by atoms with Crippen LogP contribution in [0.3, 0.4) is 0 Å². The van der Waals surface area contributed by atoms with Crippen molar-refractivity contribution in [2.45, 2.75) is 12.8 Å². The molecule has 1 aromatic carbocycles. The van der Waals surface area contributed by atoms with Gasteiger partial charge < -0.3 is 15.0 Å². The number of aliphatic hydroxyl groups excluding tert-OH is 1. The molecule has 0 bridgehead atoms. The number of nitrogens with zero attached hydrogens (tertiary/aromatic N) is 1. The number of aromatic nitrogens is 1. The Hall–Kier alpha value is -1.81. The topological polar surface area (TPSA) is 54.3 Å². The zero-order valence-electron chi connectivity index (χ0n) is 9.81. The fraction of sp³-hybridized carbons (Fsp3) is 0.308. The lowest BCUT2D eigenvalue weighted by molar-refractivity contribution is -0.116. The maximum Gasteiger partial charge on any atom is 0.224 e. The maximum absolute atomic E-state index is 11.6. The molecule has 1 heterocycles. The summed E-state index contributed by atoms with van der Waals surface area (Å²) in [5, 5.41) is 12.6. The fourth-order valence-corrected chi connectivity index (χ4v) is 1.89. The van der Waals surface area contributed by atoms with Gasteiger partial charge in [0.05, 0.1) is 5.69 Å². The highest BCUT2D eigenvalue weighted by Gasteiger charge is 2.08. The molecule has 2 rings (SSSR count). The number of aryl methyl sites for hydroxylation is 1. The Bertz CT molecular complexity index is 531. The minimum Gasteiger partial charge on any atom is -0.396 e. The second-order valence-electron chi connectivity index (χ2n) is 4.05. The van der Waals surface area contributed by atoms with Gasteiger partial charge >= 0.3 is 0 Å². The number of para-hydroxylation sites is 1. The Morgan fingerprint density at radius 1 is 1.41 bits per heavy atom. The van der Waals surface area contributed by atoms with E-state index in [0.29, 0.717) is 12.8 Å². The van der Waals surface area contributed by atoms with Gasteiger partial charge in [-0.2, -0.15) is 0 Å². The van der Waals surface area contributed by atoms with Gasteiger partial charge in [-0.3, -0.25) is 4.79 Å². The molecule has 0 aliphatic rings. The quantitative estimate of drug-likeness (QED) is 0.845. The first-order chi connectivity index (χ1) is 8.22. The van der Waals surface area contributed by atoms with Crippen LogP contribution >= 0.6 is 0 Å². The van der Waals surface area contributed by atoms with Gasteiger partial charge in [-0.05, 0) is 12.5 Å². The molecule has 0 atom stereocenters. The van der Waals surface area contributed by atoms with E-state index in [-0.39, 0.29) is 12.5 Å². The first kappa shape index (κ1) is 11.7. The number of fused-ring (bicyclic) bond motifs is 1. The van der Waals surface area contributed by atoms with Crippen molar-refractivity contribution < 1.29 is 9.90 Å². The molecule has 0 radical (unpaired) electrons. The molecule has 0 aliphatic heterocycles. The second kappa shape index (κ2) is 5.01. The standard InChI is InChI=1S/C13H16N2O2/c1-15-9-11(14-13(17)7-4-8-16)10-5-2-3-6-12(10)15/h2-3,5-6,9,16H,4,7-8H2,1H3,(H,14,17). The minimum absolute atomic E-state index is 0.0446. The highest BCUT2D eigenvalue weighted by molar-refractivity contribution is 6.01.